The standard InChI is InChI=1S/C8H10.HIO/c1-7-4-3-5-8(2)6-7;1-2/h3-6H,1-2H3;2H. The van der Waals surface area contributed by atoms with Gasteiger partial charge in [-0.25, -0.2) is 0 Å². The van der Waals surface area contributed by atoms with Crippen LogP contribution in [-0.4, -0.2) is 3.44 Å². The van der Waals surface area contributed by atoms with E-state index in [4.69, 9.17) is 3.44 Å². The van der Waals surface area contributed by atoms with Gasteiger partial charge in [0, 0.05) is 0 Å². The number of halogens is 1. The van der Waals surface area contributed by atoms with Gasteiger partial charge >= 0.3 is 0 Å². The molecular formula is C8H11IO. The molecule has 0 radical (unpaired) electrons. The molecule has 10 heavy (non-hydrogen) atoms. The monoisotopic (exact) mass is 250 g/mol. The molecule has 0 aromatic heterocycles. The molecule has 0 aliphatic carbocycles. The molecule has 1 aromatic rings. The first-order chi connectivity index (χ1) is 4.79. The first kappa shape index (κ1) is 9.91. The van der Waals surface area contributed by atoms with Crippen LogP contribution in [0.2, 0.25) is 0 Å². The van der Waals surface area contributed by atoms with Gasteiger partial charge < -0.3 is 3.44 Å². The lowest BCUT2D eigenvalue weighted by Gasteiger charge is -1.90. The summed E-state index contributed by atoms with van der Waals surface area (Å²) in [5.74, 6) is 0. The van der Waals surface area contributed by atoms with Crippen molar-refractivity contribution in [3.63, 3.8) is 0 Å². The number of hydrogen-bond acceptors (Lipinski definition) is 1. The van der Waals surface area contributed by atoms with E-state index in [1.807, 2.05) is 0 Å². The Kier molecular flexibility index (Phi) is 5.63. The zero-order chi connectivity index (χ0) is 7.98. The molecule has 0 saturated carbocycles. The maximum absolute atomic E-state index is 6.97. The van der Waals surface area contributed by atoms with Gasteiger partial charge in [0.25, 0.3) is 0 Å². The van der Waals surface area contributed by atoms with Gasteiger partial charge in [-0.2, -0.15) is 0 Å². The highest BCUT2D eigenvalue weighted by molar-refractivity contribution is 14.1. The Morgan fingerprint density at radius 1 is 1.10 bits per heavy atom. The van der Waals surface area contributed by atoms with Crippen molar-refractivity contribution in [1.82, 2.24) is 0 Å². The molecular weight excluding hydrogens is 239 g/mol. The second-order valence-corrected chi connectivity index (χ2v) is 2.16. The van der Waals surface area contributed by atoms with Crippen molar-refractivity contribution in [3.8, 4) is 0 Å². The van der Waals surface area contributed by atoms with E-state index in [0.717, 1.165) is 23.0 Å². The summed E-state index contributed by atoms with van der Waals surface area (Å²) in [6.45, 7) is 4.21. The summed E-state index contributed by atoms with van der Waals surface area (Å²) in [7, 11) is 0. The lowest BCUT2D eigenvalue weighted by atomic mass is 10.2. The van der Waals surface area contributed by atoms with Gasteiger partial charge in [0.1, 0.15) is 23.0 Å². The van der Waals surface area contributed by atoms with Crippen molar-refractivity contribution in [2.45, 2.75) is 13.8 Å². The van der Waals surface area contributed by atoms with Gasteiger partial charge in [-0.1, -0.05) is 35.4 Å². The van der Waals surface area contributed by atoms with Gasteiger partial charge in [0.2, 0.25) is 0 Å². The molecule has 1 aromatic carbocycles. The Labute approximate surface area is 75.8 Å². The molecule has 0 fully saturated rings. The third-order valence-corrected chi connectivity index (χ3v) is 1.17. The van der Waals surface area contributed by atoms with E-state index in [0.29, 0.717) is 0 Å². The molecule has 0 saturated heterocycles. The fourth-order valence-corrected chi connectivity index (χ4v) is 0.807. The predicted molar refractivity (Wildman–Crippen MR) is 52.2 cm³/mol. The fraction of sp³-hybridized carbons (Fsp3) is 0.250. The highest BCUT2D eigenvalue weighted by Gasteiger charge is 1.80. The van der Waals surface area contributed by atoms with E-state index < -0.39 is 0 Å². The van der Waals surface area contributed by atoms with Crippen LogP contribution in [0.5, 0.6) is 0 Å². The van der Waals surface area contributed by atoms with Crippen molar-refractivity contribution < 1.29 is 3.44 Å². The summed E-state index contributed by atoms with van der Waals surface area (Å²) in [4.78, 5) is 0. The van der Waals surface area contributed by atoms with E-state index in [1.54, 1.807) is 0 Å². The van der Waals surface area contributed by atoms with Crippen LogP contribution in [0.4, 0.5) is 0 Å². The second kappa shape index (κ2) is 5.68. The molecule has 0 aliphatic heterocycles. The Morgan fingerprint density at radius 2 is 1.50 bits per heavy atom. The quantitative estimate of drug-likeness (QED) is 0.702. The summed E-state index contributed by atoms with van der Waals surface area (Å²) < 4.78 is 6.97. The summed E-state index contributed by atoms with van der Waals surface area (Å²) in [6.07, 6.45) is 0. The minimum atomic E-state index is 1.15. The third kappa shape index (κ3) is 3.85. The molecule has 1 rings (SSSR count). The molecule has 0 spiro atoms. The van der Waals surface area contributed by atoms with Gasteiger partial charge in [-0.15, -0.1) is 0 Å². The van der Waals surface area contributed by atoms with E-state index in [9.17, 15) is 0 Å². The lowest BCUT2D eigenvalue weighted by molar-refractivity contribution is 0.748. The largest absolute Gasteiger partial charge is 0.331 e. The molecule has 0 unspecified atom stereocenters. The van der Waals surface area contributed by atoms with E-state index in [1.165, 1.54) is 11.1 Å². The van der Waals surface area contributed by atoms with Crippen LogP contribution in [0.1, 0.15) is 11.1 Å². The number of aryl methyl sites for hydroxylation is 2. The number of benzene rings is 1. The number of rotatable bonds is 0. The third-order valence-electron chi connectivity index (χ3n) is 1.17. The van der Waals surface area contributed by atoms with Gasteiger partial charge in [-0.05, 0) is 13.8 Å². The number of hydrogen-bond donors (Lipinski definition) is 1. The second-order valence-electron chi connectivity index (χ2n) is 2.16. The van der Waals surface area contributed by atoms with Gasteiger partial charge in [0.05, 0.1) is 0 Å². The Morgan fingerprint density at radius 3 is 1.70 bits per heavy atom. The molecule has 2 heteroatoms. The van der Waals surface area contributed by atoms with Crippen molar-refractivity contribution in [2.75, 3.05) is 0 Å². The average molecular weight is 250 g/mol. The van der Waals surface area contributed by atoms with Crippen LogP contribution >= 0.6 is 23.0 Å². The van der Waals surface area contributed by atoms with Crippen LogP contribution in [0.25, 0.3) is 0 Å². The van der Waals surface area contributed by atoms with Crippen molar-refractivity contribution in [2.24, 2.45) is 0 Å². The molecule has 1 N–H and O–H groups in total. The molecule has 0 heterocycles. The lowest BCUT2D eigenvalue weighted by Crippen LogP contribution is -1.71. The van der Waals surface area contributed by atoms with Gasteiger partial charge in [0.15, 0.2) is 0 Å². The van der Waals surface area contributed by atoms with Crippen LogP contribution in [0.15, 0.2) is 24.3 Å². The van der Waals surface area contributed by atoms with E-state index in [2.05, 4.69) is 38.1 Å². The van der Waals surface area contributed by atoms with Gasteiger partial charge in [-0.3, -0.25) is 0 Å². The zero-order valence-electron chi connectivity index (χ0n) is 6.13. The first-order valence-corrected chi connectivity index (χ1v) is 3.96. The zero-order valence-corrected chi connectivity index (χ0v) is 8.29. The molecule has 56 valence electrons. The summed E-state index contributed by atoms with van der Waals surface area (Å²) in [5, 5.41) is 0. The molecule has 0 aliphatic rings. The summed E-state index contributed by atoms with van der Waals surface area (Å²) >= 11 is 1.15. The predicted octanol–water partition coefficient (Wildman–Crippen LogP) is 2.63. The van der Waals surface area contributed by atoms with Crippen LogP contribution in [-0.2, 0) is 0 Å². The van der Waals surface area contributed by atoms with E-state index >= 15 is 0 Å². The van der Waals surface area contributed by atoms with Crippen molar-refractivity contribution >= 4 is 23.0 Å². The highest BCUT2D eigenvalue weighted by Crippen LogP contribution is 2.00. The fourth-order valence-electron chi connectivity index (χ4n) is 0.807. The van der Waals surface area contributed by atoms with Crippen molar-refractivity contribution in [3.05, 3.63) is 35.4 Å². The minimum Gasteiger partial charge on any atom is -0.331 e. The topological polar surface area (TPSA) is 20.2 Å². The molecule has 1 nitrogen and oxygen atoms in total. The highest BCUT2D eigenvalue weighted by atomic mass is 127. The maximum atomic E-state index is 6.97. The SMILES string of the molecule is Cc1cccc(C)c1.OI. The van der Waals surface area contributed by atoms with Crippen LogP contribution < -0.4 is 0 Å². The average Bonchev–Trinajstić information content (AvgIpc) is 1.91. The van der Waals surface area contributed by atoms with E-state index in [-0.39, 0.29) is 0 Å². The Bertz CT molecular complexity index is 169. The molecule has 0 bridgehead atoms. The van der Waals surface area contributed by atoms with Crippen LogP contribution in [0, 0.1) is 13.8 Å². The minimum absolute atomic E-state index is 1.15. The molecule has 0 atom stereocenters. The van der Waals surface area contributed by atoms with Crippen molar-refractivity contribution in [1.29, 1.82) is 0 Å². The van der Waals surface area contributed by atoms with Crippen LogP contribution in [0.3, 0.4) is 0 Å². The Hall–Kier alpha value is -0.0900. The summed E-state index contributed by atoms with van der Waals surface area (Å²) in [6, 6.07) is 8.45. The Balaban J connectivity index is 0.000000371. The first-order valence-electron chi connectivity index (χ1n) is 2.99. The maximum Gasteiger partial charge on any atom is 0.106 e. The normalized spacial score (nSPS) is 8.00. The smallest absolute Gasteiger partial charge is 0.106 e. The summed E-state index contributed by atoms with van der Waals surface area (Å²) in [5.41, 5.74) is 2.68. The molecule has 0 amide bonds.